The lowest BCUT2D eigenvalue weighted by atomic mass is 10.1. The van der Waals surface area contributed by atoms with Crippen LogP contribution in [0.5, 0.6) is 0 Å². The third-order valence-electron chi connectivity index (χ3n) is 5.60. The number of rotatable bonds is 6. The van der Waals surface area contributed by atoms with Crippen molar-refractivity contribution in [3.8, 4) is 11.4 Å². The van der Waals surface area contributed by atoms with Crippen molar-refractivity contribution in [2.24, 2.45) is 0 Å². The number of anilines is 1. The van der Waals surface area contributed by atoms with Gasteiger partial charge in [0, 0.05) is 52.0 Å². The fourth-order valence-electron chi connectivity index (χ4n) is 4.07. The van der Waals surface area contributed by atoms with Gasteiger partial charge in [0.05, 0.1) is 5.56 Å². The first kappa shape index (κ1) is 20.5. The van der Waals surface area contributed by atoms with Crippen LogP contribution in [0, 0.1) is 0 Å². The van der Waals surface area contributed by atoms with E-state index in [1.54, 1.807) is 36.7 Å². The summed E-state index contributed by atoms with van der Waals surface area (Å²) in [6, 6.07) is 20.9. The van der Waals surface area contributed by atoms with E-state index in [-0.39, 0.29) is 6.61 Å². The van der Waals surface area contributed by atoms with Crippen molar-refractivity contribution < 1.29 is 14.3 Å². The number of carbonyl (C=O) groups excluding carboxylic acids is 2. The van der Waals surface area contributed by atoms with E-state index in [4.69, 9.17) is 4.74 Å². The van der Waals surface area contributed by atoms with Crippen LogP contribution in [0.1, 0.15) is 17.3 Å². The van der Waals surface area contributed by atoms with Gasteiger partial charge in [-0.1, -0.05) is 30.3 Å². The Balaban J connectivity index is 1.25. The molecule has 0 aliphatic carbocycles. The molecule has 2 heterocycles. The summed E-state index contributed by atoms with van der Waals surface area (Å²) in [4.78, 5) is 31.9. The number of imidazole rings is 1. The number of hydrogen-bond donors (Lipinski definition) is 2. The molecule has 0 fully saturated rings. The van der Waals surface area contributed by atoms with Gasteiger partial charge in [-0.3, -0.25) is 4.79 Å². The normalized spacial score (nSPS) is 11.1. The van der Waals surface area contributed by atoms with E-state index in [2.05, 4.69) is 38.9 Å². The number of aromatic nitrogens is 3. The highest BCUT2D eigenvalue weighted by molar-refractivity contribution is 6.10. The Bertz CT molecular complexity index is 1450. The second-order valence-electron chi connectivity index (χ2n) is 7.63. The molecule has 5 aromatic rings. The summed E-state index contributed by atoms with van der Waals surface area (Å²) < 4.78 is 7.44. The minimum absolute atomic E-state index is 0.368. The summed E-state index contributed by atoms with van der Waals surface area (Å²) in [5, 5.41) is 5.03. The van der Waals surface area contributed by atoms with E-state index in [9.17, 15) is 9.59 Å². The molecule has 1 amide bonds. The Morgan fingerprint density at radius 1 is 1.00 bits per heavy atom. The van der Waals surface area contributed by atoms with Gasteiger partial charge in [-0.15, -0.1) is 0 Å². The number of nitrogens with one attached hydrogen (secondary N) is 2. The minimum atomic E-state index is -0.558. The van der Waals surface area contributed by atoms with Crippen molar-refractivity contribution in [2.75, 3.05) is 11.9 Å². The number of aromatic amines is 1. The molecule has 0 saturated heterocycles. The molecule has 0 bridgehead atoms. The van der Waals surface area contributed by atoms with Crippen molar-refractivity contribution in [1.29, 1.82) is 0 Å². The summed E-state index contributed by atoms with van der Waals surface area (Å²) in [7, 11) is 0. The molecule has 3 aromatic carbocycles. The summed E-state index contributed by atoms with van der Waals surface area (Å²) >= 11 is 0. The fourth-order valence-corrected chi connectivity index (χ4v) is 4.07. The number of esters is 1. The molecule has 0 aliphatic heterocycles. The van der Waals surface area contributed by atoms with E-state index in [0.29, 0.717) is 17.1 Å². The lowest BCUT2D eigenvalue weighted by Gasteiger charge is -2.08. The van der Waals surface area contributed by atoms with Crippen LogP contribution in [0.25, 0.3) is 33.2 Å². The van der Waals surface area contributed by atoms with Gasteiger partial charge in [0.15, 0.2) is 6.61 Å². The zero-order chi connectivity index (χ0) is 22.8. The van der Waals surface area contributed by atoms with Crippen LogP contribution in [0.15, 0.2) is 79.1 Å². The monoisotopic (exact) mass is 438 g/mol. The number of hydrogen-bond acceptors (Lipinski definition) is 4. The largest absolute Gasteiger partial charge is 0.452 e. The second kappa shape index (κ2) is 8.63. The van der Waals surface area contributed by atoms with Crippen LogP contribution < -0.4 is 5.32 Å². The highest BCUT2D eigenvalue weighted by Gasteiger charge is 2.13. The molecule has 0 aliphatic rings. The first-order chi connectivity index (χ1) is 16.1. The Labute approximate surface area is 190 Å². The SMILES string of the molecule is CCn1c2ccccc2c2cc(NC(=O)COC(=O)c3ccc(-c4ncc[nH]4)cc3)ccc21. The summed E-state index contributed by atoms with van der Waals surface area (Å²) in [5.74, 6) is -0.236. The molecule has 33 heavy (non-hydrogen) atoms. The van der Waals surface area contributed by atoms with Gasteiger partial charge in [0.25, 0.3) is 5.91 Å². The van der Waals surface area contributed by atoms with Gasteiger partial charge >= 0.3 is 5.97 Å². The second-order valence-corrected chi connectivity index (χ2v) is 7.63. The molecular formula is C26H22N4O3. The molecule has 0 spiro atoms. The summed E-state index contributed by atoms with van der Waals surface area (Å²) in [5.41, 5.74) is 4.15. The van der Waals surface area contributed by atoms with Crippen molar-refractivity contribution >= 4 is 39.4 Å². The molecule has 5 rings (SSSR count). The van der Waals surface area contributed by atoms with Crippen molar-refractivity contribution in [1.82, 2.24) is 14.5 Å². The lowest BCUT2D eigenvalue weighted by Crippen LogP contribution is -2.20. The van der Waals surface area contributed by atoms with Crippen LogP contribution in [0.2, 0.25) is 0 Å². The van der Waals surface area contributed by atoms with E-state index in [1.807, 2.05) is 30.3 Å². The zero-order valence-electron chi connectivity index (χ0n) is 18.0. The quantitative estimate of drug-likeness (QED) is 0.365. The van der Waals surface area contributed by atoms with Gasteiger partial charge in [-0.2, -0.15) is 0 Å². The maximum absolute atomic E-state index is 12.4. The average Bonchev–Trinajstić information content (AvgIpc) is 3.49. The molecule has 164 valence electrons. The highest BCUT2D eigenvalue weighted by Crippen LogP contribution is 2.31. The number of amides is 1. The lowest BCUT2D eigenvalue weighted by molar-refractivity contribution is -0.119. The predicted octanol–water partition coefficient (Wildman–Crippen LogP) is 5.00. The maximum atomic E-state index is 12.4. The molecule has 0 saturated carbocycles. The van der Waals surface area contributed by atoms with Crippen LogP contribution in [-0.2, 0) is 16.1 Å². The van der Waals surface area contributed by atoms with Gasteiger partial charge in [0.2, 0.25) is 0 Å². The molecule has 2 aromatic heterocycles. The Morgan fingerprint density at radius 2 is 1.79 bits per heavy atom. The van der Waals surface area contributed by atoms with Gasteiger partial charge in [-0.25, -0.2) is 9.78 Å². The standard InChI is InChI=1S/C26H22N4O3/c1-2-30-22-6-4-3-5-20(22)21-15-19(11-12-23(21)30)29-24(31)16-33-26(32)18-9-7-17(8-10-18)25-27-13-14-28-25/h3-15H,2,16H2,1H3,(H,27,28)(H,29,31). The van der Waals surface area contributed by atoms with Crippen LogP contribution in [-0.4, -0.2) is 33.0 Å². The van der Waals surface area contributed by atoms with E-state index >= 15 is 0 Å². The van der Waals surface area contributed by atoms with Crippen molar-refractivity contribution in [3.05, 3.63) is 84.7 Å². The van der Waals surface area contributed by atoms with E-state index < -0.39 is 11.9 Å². The fraction of sp³-hybridized carbons (Fsp3) is 0.115. The molecule has 7 nitrogen and oxygen atoms in total. The smallest absolute Gasteiger partial charge is 0.338 e. The molecule has 7 heteroatoms. The molecule has 0 unspecified atom stereocenters. The Hall–Kier alpha value is -4.39. The summed E-state index contributed by atoms with van der Waals surface area (Å²) in [6.45, 7) is 2.60. The zero-order valence-corrected chi connectivity index (χ0v) is 18.0. The van der Waals surface area contributed by atoms with Crippen LogP contribution >= 0.6 is 0 Å². The Morgan fingerprint density at radius 3 is 2.55 bits per heavy atom. The highest BCUT2D eigenvalue weighted by atomic mass is 16.5. The first-order valence-corrected chi connectivity index (χ1v) is 10.7. The van der Waals surface area contributed by atoms with Crippen molar-refractivity contribution in [2.45, 2.75) is 13.5 Å². The van der Waals surface area contributed by atoms with E-state index in [1.165, 1.54) is 0 Å². The van der Waals surface area contributed by atoms with Crippen molar-refractivity contribution in [3.63, 3.8) is 0 Å². The minimum Gasteiger partial charge on any atom is -0.452 e. The van der Waals surface area contributed by atoms with Crippen LogP contribution in [0.4, 0.5) is 5.69 Å². The molecule has 0 atom stereocenters. The summed E-state index contributed by atoms with van der Waals surface area (Å²) in [6.07, 6.45) is 3.39. The topological polar surface area (TPSA) is 89.0 Å². The van der Waals surface area contributed by atoms with Gasteiger partial charge in [-0.05, 0) is 43.3 Å². The number of para-hydroxylation sites is 1. The van der Waals surface area contributed by atoms with Gasteiger partial charge in [0.1, 0.15) is 5.82 Å². The van der Waals surface area contributed by atoms with E-state index in [0.717, 1.165) is 33.9 Å². The Kier molecular flexibility index (Phi) is 5.36. The number of fused-ring (bicyclic) bond motifs is 3. The third kappa shape index (κ3) is 3.96. The number of carbonyl (C=O) groups is 2. The third-order valence-corrected chi connectivity index (χ3v) is 5.60. The van der Waals surface area contributed by atoms with Gasteiger partial charge < -0.3 is 19.6 Å². The first-order valence-electron chi connectivity index (χ1n) is 10.7. The number of benzene rings is 3. The predicted molar refractivity (Wildman–Crippen MR) is 128 cm³/mol. The average molecular weight is 438 g/mol. The molecular weight excluding hydrogens is 416 g/mol. The van der Waals surface area contributed by atoms with Crippen LogP contribution in [0.3, 0.4) is 0 Å². The number of nitrogens with zero attached hydrogens (tertiary/aromatic N) is 2. The molecule has 0 radical (unpaired) electrons. The number of H-pyrrole nitrogens is 1. The number of aryl methyl sites for hydroxylation is 1. The number of ether oxygens (including phenoxy) is 1. The maximum Gasteiger partial charge on any atom is 0.338 e. The molecule has 2 N–H and O–H groups in total.